The minimum Gasteiger partial charge on any atom is -0.494 e. The number of thiazole rings is 1. The molecular formula is C19H15ClN4OS. The first kappa shape index (κ1) is 17.9. The average Bonchev–Trinajstić information content (AvgIpc) is 3.15. The van der Waals surface area contributed by atoms with Gasteiger partial charge in [0.1, 0.15) is 11.8 Å². The Kier molecular flexibility index (Phi) is 5.84. The maximum absolute atomic E-state index is 9.39. The SMILES string of the molecule is CCOc1ccc(-c2csc(C(C#N)=NNc3ccc(Cl)cc3)n2)cc1. The molecule has 5 nitrogen and oxygen atoms in total. The zero-order chi connectivity index (χ0) is 18.4. The molecule has 0 saturated heterocycles. The minimum atomic E-state index is 0.224. The summed E-state index contributed by atoms with van der Waals surface area (Å²) in [5, 5.41) is 16.6. The van der Waals surface area contributed by atoms with Crippen molar-refractivity contribution in [1.29, 1.82) is 5.26 Å². The highest BCUT2D eigenvalue weighted by Gasteiger charge is 2.10. The highest BCUT2D eigenvalue weighted by molar-refractivity contribution is 7.12. The van der Waals surface area contributed by atoms with E-state index in [2.05, 4.69) is 21.6 Å². The van der Waals surface area contributed by atoms with E-state index in [4.69, 9.17) is 16.3 Å². The normalized spacial score (nSPS) is 11.0. The molecule has 0 amide bonds. The molecule has 130 valence electrons. The van der Waals surface area contributed by atoms with Crippen molar-refractivity contribution in [3.05, 3.63) is 63.9 Å². The molecule has 1 heterocycles. The van der Waals surface area contributed by atoms with Crippen molar-refractivity contribution in [1.82, 2.24) is 4.98 Å². The average molecular weight is 383 g/mol. The molecule has 0 aliphatic carbocycles. The van der Waals surface area contributed by atoms with E-state index in [1.165, 1.54) is 11.3 Å². The van der Waals surface area contributed by atoms with Crippen LogP contribution in [0.15, 0.2) is 59.0 Å². The Balaban J connectivity index is 1.77. The van der Waals surface area contributed by atoms with Crippen molar-refractivity contribution in [3.8, 4) is 23.1 Å². The lowest BCUT2D eigenvalue weighted by Gasteiger charge is -2.03. The van der Waals surface area contributed by atoms with Gasteiger partial charge in [0.05, 0.1) is 18.0 Å². The number of nitrogens with one attached hydrogen (secondary N) is 1. The zero-order valence-corrected chi connectivity index (χ0v) is 15.5. The van der Waals surface area contributed by atoms with E-state index in [1.54, 1.807) is 24.3 Å². The van der Waals surface area contributed by atoms with Crippen molar-refractivity contribution in [3.63, 3.8) is 0 Å². The Bertz CT molecular complexity index is 943. The van der Waals surface area contributed by atoms with Crippen LogP contribution >= 0.6 is 22.9 Å². The van der Waals surface area contributed by atoms with Gasteiger partial charge in [-0.05, 0) is 55.5 Å². The van der Waals surface area contributed by atoms with Crippen LogP contribution in [0.5, 0.6) is 5.75 Å². The van der Waals surface area contributed by atoms with Gasteiger partial charge in [-0.25, -0.2) is 4.98 Å². The van der Waals surface area contributed by atoms with Crippen LogP contribution in [-0.2, 0) is 0 Å². The van der Waals surface area contributed by atoms with Gasteiger partial charge in [-0.3, -0.25) is 5.43 Å². The van der Waals surface area contributed by atoms with Gasteiger partial charge >= 0.3 is 0 Å². The van der Waals surface area contributed by atoms with Gasteiger partial charge in [0.15, 0.2) is 10.7 Å². The van der Waals surface area contributed by atoms with Crippen molar-refractivity contribution in [2.24, 2.45) is 5.10 Å². The minimum absolute atomic E-state index is 0.224. The first-order valence-corrected chi connectivity index (χ1v) is 9.14. The second-order valence-corrected chi connectivity index (χ2v) is 6.48. The molecule has 1 N–H and O–H groups in total. The fourth-order valence-electron chi connectivity index (χ4n) is 2.17. The van der Waals surface area contributed by atoms with Crippen LogP contribution in [0, 0.1) is 11.3 Å². The number of aromatic nitrogens is 1. The summed E-state index contributed by atoms with van der Waals surface area (Å²) < 4.78 is 5.44. The van der Waals surface area contributed by atoms with E-state index in [1.807, 2.05) is 36.6 Å². The number of benzene rings is 2. The Morgan fingerprint density at radius 1 is 1.23 bits per heavy atom. The first-order valence-electron chi connectivity index (χ1n) is 7.88. The van der Waals surface area contributed by atoms with Crippen molar-refractivity contribution in [2.75, 3.05) is 12.0 Å². The molecule has 3 rings (SSSR count). The number of nitrogens with zero attached hydrogens (tertiary/aromatic N) is 3. The van der Waals surface area contributed by atoms with Crippen LogP contribution in [0.25, 0.3) is 11.3 Å². The summed E-state index contributed by atoms with van der Waals surface area (Å²) in [6, 6.07) is 16.8. The van der Waals surface area contributed by atoms with Gasteiger partial charge in [0, 0.05) is 16.0 Å². The summed E-state index contributed by atoms with van der Waals surface area (Å²) in [5.74, 6) is 0.818. The maximum atomic E-state index is 9.39. The fraction of sp³-hybridized carbons (Fsp3) is 0.105. The third-order valence-corrected chi connectivity index (χ3v) is 4.52. The molecule has 0 saturated carbocycles. The van der Waals surface area contributed by atoms with Crippen molar-refractivity contribution in [2.45, 2.75) is 6.92 Å². The first-order chi connectivity index (χ1) is 12.7. The highest BCUT2D eigenvalue weighted by atomic mass is 35.5. The number of anilines is 1. The summed E-state index contributed by atoms with van der Waals surface area (Å²) in [4.78, 5) is 4.52. The number of hydrogen-bond acceptors (Lipinski definition) is 6. The van der Waals surface area contributed by atoms with Crippen LogP contribution in [0.3, 0.4) is 0 Å². The fourth-order valence-corrected chi connectivity index (χ4v) is 3.06. The monoisotopic (exact) mass is 382 g/mol. The van der Waals surface area contributed by atoms with Crippen molar-refractivity contribution < 1.29 is 4.74 Å². The van der Waals surface area contributed by atoms with E-state index >= 15 is 0 Å². The summed E-state index contributed by atoms with van der Waals surface area (Å²) in [6.45, 7) is 2.57. The van der Waals surface area contributed by atoms with Crippen molar-refractivity contribution >= 4 is 34.3 Å². The summed E-state index contributed by atoms with van der Waals surface area (Å²) in [5.41, 5.74) is 5.57. The van der Waals surface area contributed by atoms with Gasteiger partial charge in [-0.1, -0.05) is 11.6 Å². The standard InChI is InChI=1S/C19H15ClN4OS/c1-2-25-16-9-3-13(4-10-16)18-12-26-19(22-18)17(11-21)24-23-15-7-5-14(20)6-8-15/h3-10,12,23H,2H2,1H3. The van der Waals surface area contributed by atoms with E-state index < -0.39 is 0 Å². The van der Waals surface area contributed by atoms with Gasteiger partial charge in [-0.2, -0.15) is 10.4 Å². The largest absolute Gasteiger partial charge is 0.494 e. The molecule has 2 aromatic carbocycles. The predicted molar refractivity (Wildman–Crippen MR) is 106 cm³/mol. The predicted octanol–water partition coefficient (Wildman–Crippen LogP) is 5.20. The summed E-state index contributed by atoms with van der Waals surface area (Å²) >= 11 is 7.23. The van der Waals surface area contributed by atoms with Crippen LogP contribution in [0.2, 0.25) is 5.02 Å². The Hall–Kier alpha value is -2.88. The molecule has 0 atom stereocenters. The highest BCUT2D eigenvalue weighted by Crippen LogP contribution is 2.24. The summed E-state index contributed by atoms with van der Waals surface area (Å²) in [7, 11) is 0. The number of rotatable bonds is 6. The lowest BCUT2D eigenvalue weighted by Crippen LogP contribution is -2.01. The van der Waals surface area contributed by atoms with Crippen LogP contribution in [0.1, 0.15) is 11.9 Å². The number of nitriles is 1. The molecule has 0 fully saturated rings. The van der Waals surface area contributed by atoms with Gasteiger partial charge in [0.25, 0.3) is 0 Å². The zero-order valence-electron chi connectivity index (χ0n) is 13.9. The lowest BCUT2D eigenvalue weighted by molar-refractivity contribution is 0.340. The smallest absolute Gasteiger partial charge is 0.196 e. The number of halogens is 1. The molecule has 0 radical (unpaired) electrons. The molecule has 1 aromatic heterocycles. The Morgan fingerprint density at radius 2 is 1.96 bits per heavy atom. The molecule has 3 aromatic rings. The topological polar surface area (TPSA) is 70.3 Å². The lowest BCUT2D eigenvalue weighted by atomic mass is 10.2. The number of ether oxygens (including phenoxy) is 1. The van der Waals surface area contributed by atoms with E-state index in [-0.39, 0.29) is 5.71 Å². The molecule has 7 heteroatoms. The van der Waals surface area contributed by atoms with E-state index in [0.29, 0.717) is 16.6 Å². The molecular weight excluding hydrogens is 368 g/mol. The molecule has 0 unspecified atom stereocenters. The quantitative estimate of drug-likeness (QED) is 0.469. The van der Waals surface area contributed by atoms with E-state index in [0.717, 1.165) is 22.7 Å². The number of hydrogen-bond donors (Lipinski definition) is 1. The molecule has 0 aliphatic heterocycles. The Morgan fingerprint density at radius 3 is 2.62 bits per heavy atom. The second-order valence-electron chi connectivity index (χ2n) is 5.19. The second kappa shape index (κ2) is 8.48. The van der Waals surface area contributed by atoms with Crippen LogP contribution in [-0.4, -0.2) is 17.3 Å². The number of hydrazone groups is 1. The Labute approximate surface area is 160 Å². The maximum Gasteiger partial charge on any atom is 0.196 e. The summed E-state index contributed by atoms with van der Waals surface area (Å²) in [6.07, 6.45) is 0. The third-order valence-electron chi connectivity index (χ3n) is 3.41. The van der Waals surface area contributed by atoms with E-state index in [9.17, 15) is 5.26 Å². The molecule has 0 spiro atoms. The molecule has 0 bridgehead atoms. The van der Waals surface area contributed by atoms with Gasteiger partial charge in [-0.15, -0.1) is 11.3 Å². The van der Waals surface area contributed by atoms with Gasteiger partial charge in [0.2, 0.25) is 0 Å². The molecule has 26 heavy (non-hydrogen) atoms. The van der Waals surface area contributed by atoms with Crippen LogP contribution < -0.4 is 10.2 Å². The van der Waals surface area contributed by atoms with Crippen LogP contribution in [0.4, 0.5) is 5.69 Å². The molecule has 0 aliphatic rings. The third kappa shape index (κ3) is 4.39. The van der Waals surface area contributed by atoms with Gasteiger partial charge < -0.3 is 4.74 Å².